The molecule has 0 aliphatic carbocycles. The fourth-order valence-corrected chi connectivity index (χ4v) is 4.51. The first kappa shape index (κ1) is 23.6. The number of aliphatic hydroxyl groups is 1. The smallest absolute Gasteiger partial charge is 0.290 e. The van der Waals surface area contributed by atoms with Crippen LogP contribution >= 0.6 is 0 Å². The average molecular weight is 463 g/mol. The van der Waals surface area contributed by atoms with Gasteiger partial charge in [0.2, 0.25) is 5.78 Å². The number of carbonyl (C=O) groups is 2. The molecule has 0 spiro atoms. The monoisotopic (exact) mass is 462 g/mol. The fraction of sp³-hybridized carbons (Fsp3) is 0.333. The topological polar surface area (TPSA) is 83.2 Å². The highest BCUT2D eigenvalue weighted by Crippen LogP contribution is 2.40. The number of rotatable bonds is 10. The van der Waals surface area contributed by atoms with Gasteiger partial charge in [-0.05, 0) is 55.9 Å². The highest BCUT2D eigenvalue weighted by Gasteiger charge is 2.44. The van der Waals surface area contributed by atoms with E-state index < -0.39 is 23.5 Å². The fourth-order valence-electron chi connectivity index (χ4n) is 4.51. The van der Waals surface area contributed by atoms with Crippen molar-refractivity contribution in [2.24, 2.45) is 0 Å². The van der Waals surface area contributed by atoms with E-state index in [1.807, 2.05) is 30.3 Å². The van der Waals surface area contributed by atoms with Gasteiger partial charge in [0.05, 0.1) is 18.7 Å². The molecule has 1 aromatic heterocycles. The molecule has 34 heavy (non-hydrogen) atoms. The van der Waals surface area contributed by atoms with Crippen LogP contribution in [0.5, 0.6) is 5.75 Å². The Kier molecular flexibility index (Phi) is 7.03. The summed E-state index contributed by atoms with van der Waals surface area (Å²) in [5.74, 6) is -0.877. The van der Waals surface area contributed by atoms with Crippen molar-refractivity contribution in [1.29, 1.82) is 0 Å². The third kappa shape index (κ3) is 4.43. The Balaban J connectivity index is 1.71. The number of hydrogen-bond donors (Lipinski definition) is 1. The van der Waals surface area contributed by atoms with E-state index >= 15 is 0 Å². The summed E-state index contributed by atoms with van der Waals surface area (Å²) in [5.41, 5.74) is 1.29. The van der Waals surface area contributed by atoms with Gasteiger partial charge in [0.25, 0.3) is 5.91 Å². The molecule has 1 aliphatic rings. The Hall–Kier alpha value is -3.58. The molecule has 0 fully saturated rings. The zero-order valence-electron chi connectivity index (χ0n) is 19.8. The molecule has 0 saturated carbocycles. The van der Waals surface area contributed by atoms with E-state index in [9.17, 15) is 14.7 Å². The van der Waals surface area contributed by atoms with Crippen molar-refractivity contribution in [3.8, 4) is 5.75 Å². The molecule has 7 heteroatoms. The van der Waals surface area contributed by atoms with Crippen LogP contribution in [0.4, 0.5) is 0 Å². The van der Waals surface area contributed by atoms with Crippen LogP contribution in [-0.2, 0) is 4.79 Å². The van der Waals surface area contributed by atoms with E-state index in [2.05, 4.69) is 18.7 Å². The van der Waals surface area contributed by atoms with Gasteiger partial charge in [0.1, 0.15) is 11.3 Å². The van der Waals surface area contributed by atoms with E-state index in [-0.39, 0.29) is 11.3 Å². The molecule has 4 rings (SSSR count). The largest absolute Gasteiger partial charge is 0.503 e. The third-order valence-electron chi connectivity index (χ3n) is 6.37. The second-order valence-corrected chi connectivity index (χ2v) is 8.30. The number of ether oxygens (including phenoxy) is 1. The van der Waals surface area contributed by atoms with Crippen molar-refractivity contribution in [2.45, 2.75) is 26.3 Å². The van der Waals surface area contributed by atoms with Crippen LogP contribution in [0.25, 0.3) is 11.0 Å². The van der Waals surface area contributed by atoms with Crippen LogP contribution < -0.4 is 4.74 Å². The molecule has 0 bridgehead atoms. The first-order valence-electron chi connectivity index (χ1n) is 11.6. The summed E-state index contributed by atoms with van der Waals surface area (Å²) < 4.78 is 11.1. The maximum Gasteiger partial charge on any atom is 0.290 e. The van der Waals surface area contributed by atoms with E-state index in [4.69, 9.17) is 9.15 Å². The number of hydrogen-bond acceptors (Lipinski definition) is 6. The van der Waals surface area contributed by atoms with Crippen LogP contribution in [0.3, 0.4) is 0 Å². The van der Waals surface area contributed by atoms with Crippen LogP contribution in [0, 0.1) is 0 Å². The number of nitrogens with zero attached hydrogens (tertiary/aromatic N) is 2. The molecule has 1 amide bonds. The van der Waals surface area contributed by atoms with Gasteiger partial charge >= 0.3 is 0 Å². The van der Waals surface area contributed by atoms with Gasteiger partial charge in [-0.2, -0.15) is 0 Å². The number of ketones is 1. The van der Waals surface area contributed by atoms with Crippen molar-refractivity contribution in [1.82, 2.24) is 9.80 Å². The summed E-state index contributed by atoms with van der Waals surface area (Å²) in [5, 5.41) is 11.7. The maximum atomic E-state index is 13.6. The van der Waals surface area contributed by atoms with Gasteiger partial charge in [-0.1, -0.05) is 44.2 Å². The minimum atomic E-state index is -0.736. The van der Waals surface area contributed by atoms with Crippen LogP contribution in [-0.4, -0.2) is 59.9 Å². The van der Waals surface area contributed by atoms with Gasteiger partial charge in [0.15, 0.2) is 11.5 Å². The first-order valence-corrected chi connectivity index (χ1v) is 11.6. The SMILES string of the molecule is CCN(CC)CCCN1C(=O)C(O)=C(C(=O)c2cc3ccccc3o2)[C@@H]1c1cccc(OC)c1. The summed E-state index contributed by atoms with van der Waals surface area (Å²) in [4.78, 5) is 30.6. The minimum Gasteiger partial charge on any atom is -0.503 e. The summed E-state index contributed by atoms with van der Waals surface area (Å²) >= 11 is 0. The molecule has 1 atom stereocenters. The molecule has 0 radical (unpaired) electrons. The average Bonchev–Trinajstić information content (AvgIpc) is 3.41. The van der Waals surface area contributed by atoms with Gasteiger partial charge < -0.3 is 24.1 Å². The van der Waals surface area contributed by atoms with E-state index in [1.165, 1.54) is 0 Å². The van der Waals surface area contributed by atoms with Crippen LogP contribution in [0.15, 0.2) is 70.3 Å². The predicted molar refractivity (Wildman–Crippen MR) is 130 cm³/mol. The van der Waals surface area contributed by atoms with Crippen molar-refractivity contribution in [3.05, 3.63) is 77.3 Å². The summed E-state index contributed by atoms with van der Waals surface area (Å²) in [6, 6.07) is 15.5. The number of amides is 1. The van der Waals surface area contributed by atoms with Gasteiger partial charge in [-0.25, -0.2) is 0 Å². The number of methoxy groups -OCH3 is 1. The minimum absolute atomic E-state index is 0.0279. The molecular weight excluding hydrogens is 432 g/mol. The number of aliphatic hydroxyl groups excluding tert-OH is 1. The van der Waals surface area contributed by atoms with Gasteiger partial charge in [0, 0.05) is 11.9 Å². The lowest BCUT2D eigenvalue weighted by Gasteiger charge is -2.28. The van der Waals surface area contributed by atoms with E-state index in [0.29, 0.717) is 29.9 Å². The highest BCUT2D eigenvalue weighted by atomic mass is 16.5. The quantitative estimate of drug-likeness (QED) is 0.438. The van der Waals surface area contributed by atoms with Crippen molar-refractivity contribution < 1.29 is 23.8 Å². The van der Waals surface area contributed by atoms with E-state index in [1.54, 1.807) is 36.3 Å². The number of carbonyl (C=O) groups excluding carboxylic acids is 2. The Morgan fingerprint density at radius 2 is 1.88 bits per heavy atom. The number of para-hydroxylation sites is 1. The molecule has 2 aromatic carbocycles. The molecule has 0 unspecified atom stereocenters. The summed E-state index contributed by atoms with van der Waals surface area (Å²) in [6.45, 7) is 7.25. The molecule has 0 saturated heterocycles. The normalized spacial score (nSPS) is 16.2. The lowest BCUT2D eigenvalue weighted by atomic mass is 9.94. The lowest BCUT2D eigenvalue weighted by Crippen LogP contribution is -2.34. The molecular formula is C27H30N2O5. The third-order valence-corrected chi connectivity index (χ3v) is 6.37. The summed E-state index contributed by atoms with van der Waals surface area (Å²) in [7, 11) is 1.56. The lowest BCUT2D eigenvalue weighted by molar-refractivity contribution is -0.129. The second-order valence-electron chi connectivity index (χ2n) is 8.30. The van der Waals surface area contributed by atoms with Gasteiger partial charge in [-0.15, -0.1) is 0 Å². The number of furan rings is 1. The molecule has 3 aromatic rings. The molecule has 1 aliphatic heterocycles. The molecule has 7 nitrogen and oxygen atoms in total. The first-order chi connectivity index (χ1) is 16.5. The van der Waals surface area contributed by atoms with E-state index in [0.717, 1.165) is 25.0 Å². The predicted octanol–water partition coefficient (Wildman–Crippen LogP) is 4.75. The van der Waals surface area contributed by atoms with Crippen LogP contribution in [0.2, 0.25) is 0 Å². The Labute approximate surface area is 199 Å². The number of fused-ring (bicyclic) bond motifs is 1. The zero-order valence-corrected chi connectivity index (χ0v) is 19.8. The Morgan fingerprint density at radius 1 is 1.12 bits per heavy atom. The zero-order chi connectivity index (χ0) is 24.2. The molecule has 2 heterocycles. The standard InChI is InChI=1S/C27H30N2O5/c1-4-28(5-2)14-9-15-29-24(19-11-8-12-20(16-19)33-3)23(26(31)27(29)32)25(30)22-17-18-10-6-7-13-21(18)34-22/h6-8,10-13,16-17,24,31H,4-5,9,14-15H2,1-3H3/t24-/m0/s1. The Bertz CT molecular complexity index is 1190. The maximum absolute atomic E-state index is 13.6. The summed E-state index contributed by atoms with van der Waals surface area (Å²) in [6.07, 6.45) is 0.716. The highest BCUT2D eigenvalue weighted by molar-refractivity contribution is 6.16. The molecule has 1 N–H and O–H groups in total. The van der Waals surface area contributed by atoms with Crippen molar-refractivity contribution in [3.63, 3.8) is 0 Å². The number of benzene rings is 2. The van der Waals surface area contributed by atoms with Crippen molar-refractivity contribution in [2.75, 3.05) is 33.3 Å². The molecule has 178 valence electrons. The van der Waals surface area contributed by atoms with Crippen LogP contribution in [0.1, 0.15) is 42.4 Å². The number of Topliss-reactive ketones (excluding diaryl/α,β-unsaturated/α-hetero) is 1. The van der Waals surface area contributed by atoms with Crippen molar-refractivity contribution >= 4 is 22.7 Å². The second kappa shape index (κ2) is 10.1. The Morgan fingerprint density at radius 3 is 2.59 bits per heavy atom. The van der Waals surface area contributed by atoms with Gasteiger partial charge in [-0.3, -0.25) is 9.59 Å².